The van der Waals surface area contributed by atoms with Crippen molar-refractivity contribution in [2.75, 3.05) is 6.54 Å². The molecular weight excluding hydrogens is 406 g/mol. The molecule has 1 aliphatic rings. The zero-order chi connectivity index (χ0) is 24.0. The van der Waals surface area contributed by atoms with Gasteiger partial charge in [0.2, 0.25) is 5.91 Å². The minimum absolute atomic E-state index is 0.0756. The molecule has 0 aromatic heterocycles. The fraction of sp³-hybridized carbons (Fsp3) is 0.931. The van der Waals surface area contributed by atoms with Crippen LogP contribution >= 0.6 is 0 Å². The molecule has 0 spiro atoms. The molecule has 0 aromatic rings. The predicted octanol–water partition coefficient (Wildman–Crippen LogP) is 8.39. The van der Waals surface area contributed by atoms with Crippen molar-refractivity contribution in [2.45, 2.75) is 168 Å². The van der Waals surface area contributed by atoms with Crippen LogP contribution in [0.2, 0.25) is 0 Å². The molecule has 0 radical (unpaired) electrons. The van der Waals surface area contributed by atoms with Crippen LogP contribution < -0.4 is 5.32 Å². The third-order valence-corrected chi connectivity index (χ3v) is 7.14. The van der Waals surface area contributed by atoms with Gasteiger partial charge in [-0.25, -0.2) is 0 Å². The van der Waals surface area contributed by atoms with Crippen LogP contribution in [0.5, 0.6) is 0 Å². The number of hydrogen-bond donors (Lipinski definition) is 1. The zero-order valence-electron chi connectivity index (χ0n) is 22.6. The molecule has 4 heteroatoms. The first-order valence-electron chi connectivity index (χ1n) is 14.8. The largest absolute Gasteiger partial charge is 0.341 e. The molecule has 194 valence electrons. The number of rotatable bonds is 23. The molecule has 2 unspecified atom stereocenters. The fourth-order valence-electron chi connectivity index (χ4n) is 4.93. The number of nitrogens with zero attached hydrogens (tertiary/aromatic N) is 2. The van der Waals surface area contributed by atoms with Gasteiger partial charge in [-0.1, -0.05) is 123 Å². The first-order chi connectivity index (χ1) is 16.2. The molecule has 1 N–H and O–H groups in total. The first-order valence-corrected chi connectivity index (χ1v) is 14.8. The zero-order valence-corrected chi connectivity index (χ0v) is 22.6. The van der Waals surface area contributed by atoms with E-state index in [2.05, 4.69) is 31.0 Å². The average Bonchev–Trinajstić information content (AvgIpc) is 3.28. The van der Waals surface area contributed by atoms with Crippen molar-refractivity contribution in [3.8, 4) is 0 Å². The number of carbonyl (C=O) groups excluding carboxylic acids is 1. The summed E-state index contributed by atoms with van der Waals surface area (Å²) in [6.07, 6.45) is 29.4. The van der Waals surface area contributed by atoms with Crippen molar-refractivity contribution >= 4 is 12.1 Å². The van der Waals surface area contributed by atoms with Crippen molar-refractivity contribution in [3.05, 3.63) is 0 Å². The van der Waals surface area contributed by atoms with Crippen LogP contribution in [-0.2, 0) is 4.79 Å². The lowest BCUT2D eigenvalue weighted by molar-refractivity contribution is -0.123. The van der Waals surface area contributed by atoms with Crippen molar-refractivity contribution in [1.82, 2.24) is 10.2 Å². The molecule has 33 heavy (non-hydrogen) atoms. The Balaban J connectivity index is 2.03. The van der Waals surface area contributed by atoms with Crippen molar-refractivity contribution in [1.29, 1.82) is 0 Å². The molecule has 0 fully saturated rings. The van der Waals surface area contributed by atoms with Crippen LogP contribution in [0.25, 0.3) is 0 Å². The van der Waals surface area contributed by atoms with Gasteiger partial charge in [0.05, 0.1) is 6.17 Å². The summed E-state index contributed by atoms with van der Waals surface area (Å²) in [7, 11) is 0. The Kier molecular flexibility index (Phi) is 19.7. The van der Waals surface area contributed by atoms with E-state index in [-0.39, 0.29) is 18.2 Å². The summed E-state index contributed by atoms with van der Waals surface area (Å²) in [4.78, 5) is 19.4. The fourth-order valence-corrected chi connectivity index (χ4v) is 4.93. The van der Waals surface area contributed by atoms with E-state index in [1.165, 1.54) is 116 Å². The summed E-state index contributed by atoms with van der Waals surface area (Å²) in [5.41, 5.74) is 0. The lowest BCUT2D eigenvalue weighted by Gasteiger charge is -2.30. The monoisotopic (exact) mass is 463 g/mol. The van der Waals surface area contributed by atoms with Crippen LogP contribution in [0.4, 0.5) is 0 Å². The summed E-state index contributed by atoms with van der Waals surface area (Å²) in [5, 5.41) is 3.22. The maximum Gasteiger partial charge on any atom is 0.221 e. The summed E-state index contributed by atoms with van der Waals surface area (Å²) < 4.78 is 0. The van der Waals surface area contributed by atoms with Gasteiger partial charge < -0.3 is 5.32 Å². The molecule has 0 aromatic carbocycles. The molecule has 0 bridgehead atoms. The highest BCUT2D eigenvalue weighted by Crippen LogP contribution is 2.18. The number of carbonyl (C=O) groups is 1. The highest BCUT2D eigenvalue weighted by molar-refractivity contribution is 5.76. The molecule has 1 aliphatic heterocycles. The van der Waals surface area contributed by atoms with E-state index in [0.717, 1.165) is 19.4 Å². The Labute approximate surface area is 206 Å². The molecule has 1 amide bonds. The van der Waals surface area contributed by atoms with Gasteiger partial charge in [-0.15, -0.1) is 0 Å². The van der Waals surface area contributed by atoms with E-state index in [4.69, 9.17) is 4.99 Å². The normalized spacial score (nSPS) is 17.0. The highest BCUT2D eigenvalue weighted by Gasteiger charge is 2.26. The maximum atomic E-state index is 12.4. The number of hydrogen-bond acceptors (Lipinski definition) is 3. The minimum Gasteiger partial charge on any atom is -0.341 e. The summed E-state index contributed by atoms with van der Waals surface area (Å²) in [5.74, 6) is 0.204. The van der Waals surface area contributed by atoms with E-state index in [0.29, 0.717) is 6.42 Å². The minimum atomic E-state index is 0.0756. The quantitative estimate of drug-likeness (QED) is 0.155. The summed E-state index contributed by atoms with van der Waals surface area (Å²) in [6, 6.07) is 0. The van der Waals surface area contributed by atoms with Gasteiger partial charge in [-0.05, 0) is 26.2 Å². The van der Waals surface area contributed by atoms with Gasteiger partial charge >= 0.3 is 0 Å². The number of nitrogens with one attached hydrogen (secondary N) is 1. The van der Waals surface area contributed by atoms with E-state index in [9.17, 15) is 4.79 Å². The Hall–Kier alpha value is -0.900. The van der Waals surface area contributed by atoms with Gasteiger partial charge in [-0.2, -0.15) is 0 Å². The third-order valence-electron chi connectivity index (χ3n) is 7.14. The Morgan fingerprint density at radius 2 is 1.24 bits per heavy atom. The Morgan fingerprint density at radius 1 is 0.788 bits per heavy atom. The van der Waals surface area contributed by atoms with Gasteiger partial charge in [0, 0.05) is 19.2 Å². The van der Waals surface area contributed by atoms with Crippen molar-refractivity contribution in [2.24, 2.45) is 4.99 Å². The summed E-state index contributed by atoms with van der Waals surface area (Å²) in [6.45, 7) is 7.53. The SMILES string of the molecule is CCCCCCCCCCCCC1N=CCN1C(C)NC(=O)CCCCCCCCCCC. The first kappa shape index (κ1) is 30.1. The lowest BCUT2D eigenvalue weighted by atomic mass is 10.1. The van der Waals surface area contributed by atoms with Gasteiger partial charge in [0.25, 0.3) is 0 Å². The number of aliphatic imine (C=N–C) groups is 1. The van der Waals surface area contributed by atoms with Crippen LogP contribution in [0.3, 0.4) is 0 Å². The van der Waals surface area contributed by atoms with Crippen LogP contribution in [-0.4, -0.2) is 35.9 Å². The predicted molar refractivity (Wildman–Crippen MR) is 145 cm³/mol. The van der Waals surface area contributed by atoms with Gasteiger partial charge in [0.15, 0.2) is 0 Å². The molecule has 1 heterocycles. The average molecular weight is 464 g/mol. The standard InChI is InChI=1S/C29H57N3O/c1-4-6-8-10-12-14-16-17-19-21-23-28-30-25-26-32(28)27(3)31-29(33)24-22-20-18-15-13-11-9-7-5-2/h25,27-28H,4-24,26H2,1-3H3,(H,31,33). The van der Waals surface area contributed by atoms with E-state index >= 15 is 0 Å². The highest BCUT2D eigenvalue weighted by atomic mass is 16.1. The summed E-state index contributed by atoms with van der Waals surface area (Å²) >= 11 is 0. The topological polar surface area (TPSA) is 44.7 Å². The van der Waals surface area contributed by atoms with Crippen LogP contribution in [0.1, 0.15) is 156 Å². The van der Waals surface area contributed by atoms with E-state index < -0.39 is 0 Å². The van der Waals surface area contributed by atoms with E-state index in [1.807, 2.05) is 6.21 Å². The van der Waals surface area contributed by atoms with E-state index in [1.54, 1.807) is 0 Å². The molecule has 0 saturated heterocycles. The van der Waals surface area contributed by atoms with Crippen molar-refractivity contribution < 1.29 is 4.79 Å². The third kappa shape index (κ3) is 16.4. The molecular formula is C29H57N3O. The second-order valence-electron chi connectivity index (χ2n) is 10.3. The molecule has 0 saturated carbocycles. The molecule has 2 atom stereocenters. The smallest absolute Gasteiger partial charge is 0.221 e. The second kappa shape index (κ2) is 21.6. The number of unbranched alkanes of at least 4 members (excludes halogenated alkanes) is 17. The van der Waals surface area contributed by atoms with Crippen LogP contribution in [0, 0.1) is 0 Å². The molecule has 0 aliphatic carbocycles. The van der Waals surface area contributed by atoms with Crippen molar-refractivity contribution in [3.63, 3.8) is 0 Å². The molecule has 4 nitrogen and oxygen atoms in total. The Bertz CT molecular complexity index is 479. The lowest BCUT2D eigenvalue weighted by Crippen LogP contribution is -2.48. The number of amides is 1. The molecule has 1 rings (SSSR count). The van der Waals surface area contributed by atoms with Gasteiger partial charge in [0.1, 0.15) is 6.17 Å². The maximum absolute atomic E-state index is 12.4. The Morgan fingerprint density at radius 3 is 1.76 bits per heavy atom. The second-order valence-corrected chi connectivity index (χ2v) is 10.3. The van der Waals surface area contributed by atoms with Crippen LogP contribution in [0.15, 0.2) is 4.99 Å². The van der Waals surface area contributed by atoms with Gasteiger partial charge in [-0.3, -0.25) is 14.7 Å².